The summed E-state index contributed by atoms with van der Waals surface area (Å²) in [6, 6.07) is 13.6. The van der Waals surface area contributed by atoms with Crippen LogP contribution < -0.4 is 0 Å². The van der Waals surface area contributed by atoms with E-state index in [4.69, 9.17) is 0 Å². The number of carboxylic acids is 1. The summed E-state index contributed by atoms with van der Waals surface area (Å²) in [7, 11) is 0. The van der Waals surface area contributed by atoms with E-state index in [1.54, 1.807) is 18.5 Å². The lowest BCUT2D eigenvalue weighted by Crippen LogP contribution is -2.14. The maximum atomic E-state index is 11.4. The molecule has 0 aliphatic heterocycles. The van der Waals surface area contributed by atoms with Crippen molar-refractivity contribution in [3.63, 3.8) is 0 Å². The summed E-state index contributed by atoms with van der Waals surface area (Å²) >= 11 is 0. The average molecular weight is 255 g/mol. The van der Waals surface area contributed by atoms with Crippen molar-refractivity contribution in [3.05, 3.63) is 66.0 Å². The van der Waals surface area contributed by atoms with Gasteiger partial charge in [0.1, 0.15) is 0 Å². The third-order valence-electron chi connectivity index (χ3n) is 3.34. The SMILES string of the molecule is C[C@@H](C[C@@H](C(=O)O)c1cccnc1)c1ccccc1. The fourth-order valence-corrected chi connectivity index (χ4v) is 2.23. The van der Waals surface area contributed by atoms with E-state index in [1.165, 1.54) is 0 Å². The van der Waals surface area contributed by atoms with Crippen molar-refractivity contribution in [2.24, 2.45) is 0 Å². The number of nitrogens with zero attached hydrogens (tertiary/aromatic N) is 1. The number of hydrogen-bond acceptors (Lipinski definition) is 2. The van der Waals surface area contributed by atoms with Crippen LogP contribution in [0.5, 0.6) is 0 Å². The quantitative estimate of drug-likeness (QED) is 0.890. The molecule has 2 atom stereocenters. The molecule has 0 aliphatic rings. The van der Waals surface area contributed by atoms with Crippen molar-refractivity contribution in [1.29, 1.82) is 0 Å². The highest BCUT2D eigenvalue weighted by Gasteiger charge is 2.23. The zero-order valence-electron chi connectivity index (χ0n) is 10.9. The van der Waals surface area contributed by atoms with Gasteiger partial charge in [0.05, 0.1) is 5.92 Å². The second-order valence-electron chi connectivity index (χ2n) is 4.72. The number of aromatic nitrogens is 1. The van der Waals surface area contributed by atoms with E-state index < -0.39 is 11.9 Å². The number of hydrogen-bond donors (Lipinski definition) is 1. The van der Waals surface area contributed by atoms with Crippen LogP contribution in [0, 0.1) is 0 Å². The molecule has 0 amide bonds. The van der Waals surface area contributed by atoms with Crippen molar-refractivity contribution in [2.75, 3.05) is 0 Å². The minimum atomic E-state index is -0.796. The number of carboxylic acid groups (broad SMARTS) is 1. The topological polar surface area (TPSA) is 50.2 Å². The van der Waals surface area contributed by atoms with Gasteiger partial charge in [-0.1, -0.05) is 43.3 Å². The fraction of sp³-hybridized carbons (Fsp3) is 0.250. The Labute approximate surface area is 112 Å². The number of rotatable bonds is 5. The molecule has 3 nitrogen and oxygen atoms in total. The van der Waals surface area contributed by atoms with E-state index >= 15 is 0 Å². The summed E-state index contributed by atoms with van der Waals surface area (Å²) in [5.74, 6) is -1.11. The Balaban J connectivity index is 2.16. The lowest BCUT2D eigenvalue weighted by Gasteiger charge is -2.18. The molecule has 19 heavy (non-hydrogen) atoms. The fourth-order valence-electron chi connectivity index (χ4n) is 2.23. The second kappa shape index (κ2) is 6.14. The van der Waals surface area contributed by atoms with Gasteiger partial charge in [-0.15, -0.1) is 0 Å². The summed E-state index contributed by atoms with van der Waals surface area (Å²) in [6.07, 6.45) is 3.87. The van der Waals surface area contributed by atoms with Gasteiger partial charge in [-0.2, -0.15) is 0 Å². The highest BCUT2D eigenvalue weighted by Crippen LogP contribution is 2.29. The van der Waals surface area contributed by atoms with Crippen molar-refractivity contribution in [2.45, 2.75) is 25.2 Å². The third kappa shape index (κ3) is 3.41. The number of aliphatic carboxylic acids is 1. The third-order valence-corrected chi connectivity index (χ3v) is 3.34. The lowest BCUT2D eigenvalue weighted by atomic mass is 9.87. The molecule has 1 aromatic carbocycles. The molecule has 1 N–H and O–H groups in total. The predicted molar refractivity (Wildman–Crippen MR) is 74.1 cm³/mol. The van der Waals surface area contributed by atoms with Crippen LogP contribution in [0.3, 0.4) is 0 Å². The molecule has 0 spiro atoms. The Bertz CT molecular complexity index is 525. The molecule has 0 fully saturated rings. The average Bonchev–Trinajstić information content (AvgIpc) is 2.46. The molecule has 98 valence electrons. The largest absolute Gasteiger partial charge is 0.481 e. The van der Waals surface area contributed by atoms with Crippen LogP contribution in [-0.2, 0) is 4.79 Å². The first kappa shape index (κ1) is 13.3. The number of carbonyl (C=O) groups is 1. The summed E-state index contributed by atoms with van der Waals surface area (Å²) in [6.45, 7) is 2.06. The van der Waals surface area contributed by atoms with Crippen LogP contribution in [0.2, 0.25) is 0 Å². The zero-order valence-corrected chi connectivity index (χ0v) is 10.9. The van der Waals surface area contributed by atoms with Gasteiger partial charge >= 0.3 is 5.97 Å². The zero-order chi connectivity index (χ0) is 13.7. The molecule has 2 aromatic rings. The van der Waals surface area contributed by atoms with Crippen LogP contribution >= 0.6 is 0 Å². The molecule has 2 rings (SSSR count). The molecule has 0 radical (unpaired) electrons. The Morgan fingerprint density at radius 2 is 1.84 bits per heavy atom. The van der Waals surface area contributed by atoms with Gasteiger partial charge in [0.15, 0.2) is 0 Å². The van der Waals surface area contributed by atoms with Gasteiger partial charge in [0.2, 0.25) is 0 Å². The van der Waals surface area contributed by atoms with Gasteiger partial charge in [-0.05, 0) is 29.5 Å². The number of benzene rings is 1. The Morgan fingerprint density at radius 1 is 1.16 bits per heavy atom. The normalized spacial score (nSPS) is 13.7. The summed E-state index contributed by atoms with van der Waals surface area (Å²) in [5.41, 5.74) is 1.93. The monoisotopic (exact) mass is 255 g/mol. The van der Waals surface area contributed by atoms with E-state index in [-0.39, 0.29) is 5.92 Å². The predicted octanol–water partition coefficient (Wildman–Crippen LogP) is 3.44. The van der Waals surface area contributed by atoms with Gasteiger partial charge in [0.25, 0.3) is 0 Å². The van der Waals surface area contributed by atoms with E-state index in [0.717, 1.165) is 11.1 Å². The highest BCUT2D eigenvalue weighted by molar-refractivity contribution is 5.76. The molecule has 0 saturated carbocycles. The van der Waals surface area contributed by atoms with E-state index in [2.05, 4.69) is 11.9 Å². The maximum absolute atomic E-state index is 11.4. The van der Waals surface area contributed by atoms with Crippen LogP contribution in [0.4, 0.5) is 0 Å². The first-order valence-corrected chi connectivity index (χ1v) is 6.36. The van der Waals surface area contributed by atoms with Gasteiger partial charge in [-0.25, -0.2) is 0 Å². The van der Waals surface area contributed by atoms with Crippen LogP contribution in [0.15, 0.2) is 54.9 Å². The highest BCUT2D eigenvalue weighted by atomic mass is 16.4. The number of pyridine rings is 1. The van der Waals surface area contributed by atoms with Crippen LogP contribution in [0.25, 0.3) is 0 Å². The van der Waals surface area contributed by atoms with E-state index in [9.17, 15) is 9.90 Å². The molecule has 3 heteroatoms. The minimum Gasteiger partial charge on any atom is -0.481 e. The summed E-state index contributed by atoms with van der Waals surface area (Å²) in [4.78, 5) is 15.4. The molecular weight excluding hydrogens is 238 g/mol. The molecular formula is C16H17NO2. The van der Waals surface area contributed by atoms with Gasteiger partial charge in [0, 0.05) is 12.4 Å². The van der Waals surface area contributed by atoms with Gasteiger partial charge in [-0.3, -0.25) is 9.78 Å². The Morgan fingerprint density at radius 3 is 2.42 bits per heavy atom. The maximum Gasteiger partial charge on any atom is 0.311 e. The first-order valence-electron chi connectivity index (χ1n) is 6.36. The molecule has 0 saturated heterocycles. The molecule has 0 aliphatic carbocycles. The van der Waals surface area contributed by atoms with Crippen molar-refractivity contribution in [3.8, 4) is 0 Å². The second-order valence-corrected chi connectivity index (χ2v) is 4.72. The summed E-state index contributed by atoms with van der Waals surface area (Å²) < 4.78 is 0. The van der Waals surface area contributed by atoms with Crippen LogP contribution in [-0.4, -0.2) is 16.1 Å². The van der Waals surface area contributed by atoms with Crippen molar-refractivity contribution >= 4 is 5.97 Å². The Hall–Kier alpha value is -2.16. The molecule has 0 unspecified atom stereocenters. The Kier molecular flexibility index (Phi) is 4.29. The smallest absolute Gasteiger partial charge is 0.311 e. The summed E-state index contributed by atoms with van der Waals surface area (Å²) in [5, 5.41) is 9.39. The first-order chi connectivity index (χ1) is 9.18. The van der Waals surface area contributed by atoms with E-state index in [1.807, 2.05) is 36.4 Å². The van der Waals surface area contributed by atoms with Crippen molar-refractivity contribution in [1.82, 2.24) is 4.98 Å². The lowest BCUT2D eigenvalue weighted by molar-refractivity contribution is -0.139. The van der Waals surface area contributed by atoms with Crippen molar-refractivity contribution < 1.29 is 9.90 Å². The molecule has 0 bridgehead atoms. The minimum absolute atomic E-state index is 0.197. The van der Waals surface area contributed by atoms with E-state index in [0.29, 0.717) is 6.42 Å². The molecule has 1 aromatic heterocycles. The van der Waals surface area contributed by atoms with Crippen LogP contribution in [0.1, 0.15) is 36.3 Å². The van der Waals surface area contributed by atoms with Gasteiger partial charge < -0.3 is 5.11 Å². The standard InChI is InChI=1S/C16H17NO2/c1-12(13-6-3-2-4-7-13)10-15(16(18)19)14-8-5-9-17-11-14/h2-9,11-12,15H,10H2,1H3,(H,18,19)/t12-,15+/m0/s1. The molecule has 1 heterocycles.